The largest absolute Gasteiger partial charge is 0.312 e. The molecule has 1 N–H and O–H groups in total. The fraction of sp³-hybridized carbons (Fsp3) is 0.500. The van der Waals surface area contributed by atoms with E-state index in [1.54, 1.807) is 6.20 Å². The minimum atomic E-state index is 0.107. The van der Waals surface area contributed by atoms with Crippen LogP contribution in [0.5, 0.6) is 0 Å². The van der Waals surface area contributed by atoms with Gasteiger partial charge in [-0.15, -0.1) is 10.2 Å². The van der Waals surface area contributed by atoms with Gasteiger partial charge in [-0.25, -0.2) is 0 Å². The smallest absolute Gasteiger partial charge is 0.154 e. The first-order valence-corrected chi connectivity index (χ1v) is 6.81. The molecule has 1 atom stereocenters. The number of aromatic nitrogens is 4. The number of hydrogen-bond donors (Lipinski definition) is 1. The second-order valence-corrected chi connectivity index (χ2v) is 5.40. The molecule has 1 unspecified atom stereocenters. The monoisotopic (exact) mass is 257 g/mol. The Morgan fingerprint density at radius 3 is 3.05 bits per heavy atom. The summed E-state index contributed by atoms with van der Waals surface area (Å²) in [5, 5.41) is 12.3. The highest BCUT2D eigenvalue weighted by atomic mass is 15.3. The molecule has 0 bridgehead atoms. The van der Waals surface area contributed by atoms with Crippen LogP contribution in [0.15, 0.2) is 24.5 Å². The van der Waals surface area contributed by atoms with E-state index in [4.69, 9.17) is 0 Å². The highest BCUT2D eigenvalue weighted by Crippen LogP contribution is 2.24. The third kappa shape index (κ3) is 2.38. The lowest BCUT2D eigenvalue weighted by Crippen LogP contribution is -2.35. The second kappa shape index (κ2) is 5.09. The van der Waals surface area contributed by atoms with Gasteiger partial charge < -0.3 is 9.88 Å². The number of pyridine rings is 1. The Bertz CT molecular complexity index is 546. The number of hydrogen-bond acceptors (Lipinski definition) is 4. The van der Waals surface area contributed by atoms with Crippen molar-refractivity contribution < 1.29 is 0 Å². The third-order valence-corrected chi connectivity index (χ3v) is 3.41. The lowest BCUT2D eigenvalue weighted by molar-refractivity contribution is 0.440. The first kappa shape index (κ1) is 12.3. The Hall–Kier alpha value is -1.75. The molecule has 0 amide bonds. The van der Waals surface area contributed by atoms with E-state index in [9.17, 15) is 0 Å². The fourth-order valence-corrected chi connectivity index (χ4v) is 2.55. The molecule has 0 saturated heterocycles. The van der Waals surface area contributed by atoms with Gasteiger partial charge in [0.2, 0.25) is 0 Å². The van der Waals surface area contributed by atoms with Gasteiger partial charge in [-0.05, 0) is 17.5 Å². The molecule has 100 valence electrons. The van der Waals surface area contributed by atoms with E-state index in [-0.39, 0.29) is 6.04 Å². The number of rotatable bonds is 3. The van der Waals surface area contributed by atoms with E-state index in [1.807, 2.05) is 12.3 Å². The van der Waals surface area contributed by atoms with Crippen LogP contribution in [0.3, 0.4) is 0 Å². The van der Waals surface area contributed by atoms with E-state index in [1.165, 1.54) is 0 Å². The van der Waals surface area contributed by atoms with Gasteiger partial charge in [0.1, 0.15) is 5.82 Å². The van der Waals surface area contributed by atoms with Gasteiger partial charge in [0.15, 0.2) is 5.82 Å². The Labute approximate surface area is 113 Å². The molecule has 1 aliphatic rings. The van der Waals surface area contributed by atoms with Crippen LogP contribution >= 0.6 is 0 Å². The summed E-state index contributed by atoms with van der Waals surface area (Å²) in [7, 11) is 0. The minimum Gasteiger partial charge on any atom is -0.312 e. The summed E-state index contributed by atoms with van der Waals surface area (Å²) in [6, 6.07) is 4.15. The van der Waals surface area contributed by atoms with Crippen molar-refractivity contribution in [3.05, 3.63) is 41.7 Å². The maximum atomic E-state index is 4.39. The van der Waals surface area contributed by atoms with Crippen LogP contribution in [0.2, 0.25) is 0 Å². The van der Waals surface area contributed by atoms with Crippen molar-refractivity contribution in [1.82, 2.24) is 25.1 Å². The average molecular weight is 257 g/mol. The van der Waals surface area contributed by atoms with Crippen LogP contribution < -0.4 is 5.32 Å². The summed E-state index contributed by atoms with van der Waals surface area (Å²) in [5.41, 5.74) is 1.15. The van der Waals surface area contributed by atoms with Gasteiger partial charge >= 0.3 is 0 Å². The summed E-state index contributed by atoms with van der Waals surface area (Å²) >= 11 is 0. The zero-order valence-corrected chi connectivity index (χ0v) is 11.4. The first-order chi connectivity index (χ1) is 9.25. The molecule has 5 heteroatoms. The van der Waals surface area contributed by atoms with Crippen LogP contribution in [0.4, 0.5) is 0 Å². The van der Waals surface area contributed by atoms with Crippen molar-refractivity contribution in [2.75, 3.05) is 6.54 Å². The molecule has 0 radical (unpaired) electrons. The predicted octanol–water partition coefficient (Wildman–Crippen LogP) is 1.56. The molecule has 19 heavy (non-hydrogen) atoms. The molecular formula is C14H19N5. The summed E-state index contributed by atoms with van der Waals surface area (Å²) in [6.07, 6.45) is 4.66. The van der Waals surface area contributed by atoms with Crippen LogP contribution in [0.1, 0.15) is 37.1 Å². The van der Waals surface area contributed by atoms with Crippen LogP contribution in [-0.4, -0.2) is 26.3 Å². The molecule has 3 heterocycles. The summed E-state index contributed by atoms with van der Waals surface area (Å²) < 4.78 is 2.26. The second-order valence-electron chi connectivity index (χ2n) is 5.40. The molecular weight excluding hydrogens is 238 g/mol. The summed E-state index contributed by atoms with van der Waals surface area (Å²) in [6.45, 7) is 6.31. The summed E-state index contributed by atoms with van der Waals surface area (Å²) in [5.74, 6) is 2.70. The van der Waals surface area contributed by atoms with Gasteiger partial charge in [-0.1, -0.05) is 19.9 Å². The van der Waals surface area contributed by atoms with Crippen molar-refractivity contribution in [3.63, 3.8) is 0 Å². The molecule has 0 aliphatic carbocycles. The normalized spacial score (nSPS) is 18.6. The highest BCUT2D eigenvalue weighted by Gasteiger charge is 2.26. The quantitative estimate of drug-likeness (QED) is 0.906. The van der Waals surface area contributed by atoms with Crippen LogP contribution in [0, 0.1) is 5.92 Å². The number of nitrogens with one attached hydrogen (secondary N) is 1. The van der Waals surface area contributed by atoms with Gasteiger partial charge in [0.05, 0.1) is 6.04 Å². The van der Waals surface area contributed by atoms with E-state index in [0.717, 1.165) is 36.7 Å². The predicted molar refractivity (Wildman–Crippen MR) is 72.6 cm³/mol. The van der Waals surface area contributed by atoms with Crippen LogP contribution in [0.25, 0.3) is 0 Å². The zero-order chi connectivity index (χ0) is 13.2. The molecule has 0 fully saturated rings. The molecule has 2 aromatic rings. The Morgan fingerprint density at radius 1 is 1.42 bits per heavy atom. The molecule has 0 aromatic carbocycles. The molecule has 0 saturated carbocycles. The Morgan fingerprint density at radius 2 is 2.32 bits per heavy atom. The first-order valence-electron chi connectivity index (χ1n) is 6.81. The lowest BCUT2D eigenvalue weighted by atomic mass is 10.1. The number of nitrogens with zero attached hydrogens (tertiary/aromatic N) is 4. The van der Waals surface area contributed by atoms with Crippen molar-refractivity contribution >= 4 is 0 Å². The lowest BCUT2D eigenvalue weighted by Gasteiger charge is -2.25. The van der Waals surface area contributed by atoms with Gasteiger partial charge in [0, 0.05) is 31.9 Å². The average Bonchev–Trinajstić information content (AvgIpc) is 2.82. The molecule has 3 rings (SSSR count). The molecule has 5 nitrogen and oxygen atoms in total. The fourth-order valence-electron chi connectivity index (χ4n) is 2.55. The Kier molecular flexibility index (Phi) is 3.29. The van der Waals surface area contributed by atoms with Crippen molar-refractivity contribution in [2.24, 2.45) is 5.92 Å². The molecule has 0 spiro atoms. The maximum Gasteiger partial charge on any atom is 0.154 e. The van der Waals surface area contributed by atoms with Crippen molar-refractivity contribution in [3.8, 4) is 0 Å². The van der Waals surface area contributed by atoms with E-state index in [0.29, 0.717) is 5.92 Å². The minimum absolute atomic E-state index is 0.107. The topological polar surface area (TPSA) is 55.6 Å². The maximum absolute atomic E-state index is 4.39. The SMILES string of the molecule is CC(C)Cc1nnc2n1CCNC2c1cccnc1. The van der Waals surface area contributed by atoms with E-state index >= 15 is 0 Å². The van der Waals surface area contributed by atoms with Gasteiger partial charge in [-0.3, -0.25) is 4.98 Å². The third-order valence-electron chi connectivity index (χ3n) is 3.41. The van der Waals surface area contributed by atoms with E-state index < -0.39 is 0 Å². The Balaban J connectivity index is 1.95. The summed E-state index contributed by atoms with van der Waals surface area (Å²) in [4.78, 5) is 4.19. The van der Waals surface area contributed by atoms with Crippen molar-refractivity contribution in [1.29, 1.82) is 0 Å². The zero-order valence-electron chi connectivity index (χ0n) is 11.4. The molecule has 1 aliphatic heterocycles. The standard InChI is InChI=1S/C14H19N5/c1-10(2)8-12-17-18-14-13(16-6-7-19(12)14)11-4-3-5-15-9-11/h3-5,9-10,13,16H,6-8H2,1-2H3. The van der Waals surface area contributed by atoms with E-state index in [2.05, 4.69) is 45.0 Å². The van der Waals surface area contributed by atoms with Gasteiger partial charge in [0.25, 0.3) is 0 Å². The molecule has 2 aromatic heterocycles. The highest BCUT2D eigenvalue weighted by molar-refractivity contribution is 5.23. The number of fused-ring (bicyclic) bond motifs is 1. The van der Waals surface area contributed by atoms with Gasteiger partial charge in [-0.2, -0.15) is 0 Å². The van der Waals surface area contributed by atoms with Crippen molar-refractivity contribution in [2.45, 2.75) is 32.9 Å². The van der Waals surface area contributed by atoms with Crippen LogP contribution in [-0.2, 0) is 13.0 Å².